The quantitative estimate of drug-likeness (QED) is 0.200. The number of pyridine rings is 2. The minimum Gasteiger partial charge on any atom is -0.481 e. The molecule has 222 valence electrons. The molecule has 2 atom stereocenters. The highest BCUT2D eigenvalue weighted by Crippen LogP contribution is 2.40. The van der Waals surface area contributed by atoms with Crippen molar-refractivity contribution >= 4 is 28.3 Å². The number of morpholine rings is 1. The summed E-state index contributed by atoms with van der Waals surface area (Å²) in [6.45, 7) is 10.3. The Morgan fingerprint density at radius 2 is 2.05 bits per heavy atom. The van der Waals surface area contributed by atoms with Crippen molar-refractivity contribution in [2.75, 3.05) is 51.3 Å². The maximum absolute atomic E-state index is 10.8. The minimum absolute atomic E-state index is 0.0123. The first-order valence-corrected chi connectivity index (χ1v) is 14.8. The lowest BCUT2D eigenvalue weighted by molar-refractivity contribution is -0.136. The van der Waals surface area contributed by atoms with Crippen LogP contribution in [0.5, 0.6) is 0 Å². The molecule has 42 heavy (non-hydrogen) atoms. The van der Waals surface area contributed by atoms with Gasteiger partial charge in [-0.15, -0.1) is 0 Å². The Morgan fingerprint density at radius 1 is 1.21 bits per heavy atom. The van der Waals surface area contributed by atoms with E-state index in [0.29, 0.717) is 25.5 Å². The van der Waals surface area contributed by atoms with Crippen LogP contribution in [-0.4, -0.2) is 77.7 Å². The molecule has 0 saturated carbocycles. The van der Waals surface area contributed by atoms with Gasteiger partial charge < -0.3 is 25.2 Å². The van der Waals surface area contributed by atoms with Crippen molar-refractivity contribution in [3.63, 3.8) is 0 Å². The smallest absolute Gasteiger partial charge is 0.304 e. The predicted octanol–water partition coefficient (Wildman–Crippen LogP) is 4.64. The van der Waals surface area contributed by atoms with Crippen LogP contribution in [0.25, 0.3) is 16.5 Å². The summed E-state index contributed by atoms with van der Waals surface area (Å²) < 4.78 is 12.3. The second-order valence-corrected chi connectivity index (χ2v) is 11.0. The molecule has 0 spiro atoms. The summed E-state index contributed by atoms with van der Waals surface area (Å²) in [4.78, 5) is 22.7. The van der Waals surface area contributed by atoms with Gasteiger partial charge in [-0.05, 0) is 53.8 Å². The van der Waals surface area contributed by atoms with E-state index in [1.165, 1.54) is 16.7 Å². The van der Waals surface area contributed by atoms with Gasteiger partial charge in [-0.3, -0.25) is 14.7 Å². The van der Waals surface area contributed by atoms with Crippen LogP contribution < -0.4 is 10.6 Å². The van der Waals surface area contributed by atoms with Crippen LogP contribution in [0, 0.1) is 12.8 Å². The molecule has 1 saturated heterocycles. The third-order valence-electron chi connectivity index (χ3n) is 8.06. The fourth-order valence-corrected chi connectivity index (χ4v) is 5.65. The number of anilines is 1. The number of allylic oxidation sites excluding steroid dienone is 2. The van der Waals surface area contributed by atoms with Gasteiger partial charge in [0, 0.05) is 56.4 Å². The zero-order valence-corrected chi connectivity index (χ0v) is 24.5. The largest absolute Gasteiger partial charge is 0.481 e. The van der Waals surface area contributed by atoms with Crippen LogP contribution in [0.2, 0.25) is 0 Å². The van der Waals surface area contributed by atoms with Crippen LogP contribution in [-0.2, 0) is 20.8 Å². The monoisotopic (exact) mass is 571 g/mol. The lowest BCUT2D eigenvalue weighted by Gasteiger charge is -2.41. The number of carboxylic acids is 1. The van der Waals surface area contributed by atoms with Gasteiger partial charge in [-0.25, -0.2) is 4.98 Å². The molecular formula is C33H41N5O4. The normalized spacial score (nSPS) is 20.9. The van der Waals surface area contributed by atoms with Crippen molar-refractivity contribution in [3.8, 4) is 0 Å². The highest BCUT2D eigenvalue weighted by atomic mass is 16.5. The summed E-state index contributed by atoms with van der Waals surface area (Å²) in [5, 5.41) is 16.7. The van der Waals surface area contributed by atoms with Crippen molar-refractivity contribution in [3.05, 3.63) is 83.7 Å². The van der Waals surface area contributed by atoms with E-state index < -0.39 is 11.7 Å². The second kappa shape index (κ2) is 14.0. The van der Waals surface area contributed by atoms with Crippen LogP contribution in [0.1, 0.15) is 36.5 Å². The highest BCUT2D eigenvalue weighted by molar-refractivity contribution is 5.89. The topological polar surface area (TPSA) is 109 Å². The molecular weight excluding hydrogens is 530 g/mol. The molecule has 1 aliphatic heterocycles. The number of nitrogens with one attached hydrogen (secondary N) is 2. The number of benzene rings is 1. The lowest BCUT2D eigenvalue weighted by Crippen LogP contribution is -2.48. The third-order valence-corrected chi connectivity index (χ3v) is 8.06. The number of aryl methyl sites for hydroxylation is 1. The standard InChI is InChI=1S/C33H41N5O4/c1-24-7-3-4-8-28(24)29-9-5-12-33(25(29)2,42-18-6-15-38-16-19-41-20-17-38)37-32-31-27(10-14-35-32)21-26(23-36-31)22-34-13-11-30(39)40/h3-5,7-10,12,14,21,23,25,34H,6,11,13,15-20,22H2,1-2H3,(H,35,37)(H,39,40). The van der Waals surface area contributed by atoms with Crippen molar-refractivity contribution in [1.82, 2.24) is 20.2 Å². The van der Waals surface area contributed by atoms with Gasteiger partial charge in [0.05, 0.1) is 26.2 Å². The number of carbonyl (C=O) groups is 1. The Morgan fingerprint density at radius 3 is 2.86 bits per heavy atom. The first kappa shape index (κ1) is 29.8. The van der Waals surface area contributed by atoms with Crippen LogP contribution in [0.4, 0.5) is 5.82 Å². The number of aliphatic carboxylic acids is 1. The summed E-state index contributed by atoms with van der Waals surface area (Å²) in [6, 6.07) is 12.5. The summed E-state index contributed by atoms with van der Waals surface area (Å²) in [6.07, 6.45) is 11.0. The molecule has 0 bridgehead atoms. The fourth-order valence-electron chi connectivity index (χ4n) is 5.65. The molecule has 0 amide bonds. The van der Waals surface area contributed by atoms with Gasteiger partial charge in [0.1, 0.15) is 5.52 Å². The summed E-state index contributed by atoms with van der Waals surface area (Å²) in [5.74, 6) is -0.167. The van der Waals surface area contributed by atoms with Crippen molar-refractivity contribution in [2.24, 2.45) is 5.92 Å². The molecule has 1 fully saturated rings. The van der Waals surface area contributed by atoms with E-state index in [9.17, 15) is 4.79 Å². The Kier molecular flexibility index (Phi) is 9.97. The molecule has 2 aromatic heterocycles. The third kappa shape index (κ3) is 7.22. The molecule has 2 aliphatic rings. The summed E-state index contributed by atoms with van der Waals surface area (Å²) in [5.41, 5.74) is 4.56. The van der Waals surface area contributed by atoms with E-state index in [0.717, 1.165) is 55.7 Å². The predicted molar refractivity (Wildman–Crippen MR) is 165 cm³/mol. The number of carboxylic acid groups (broad SMARTS) is 1. The van der Waals surface area contributed by atoms with Crippen LogP contribution in [0.15, 0.2) is 67.0 Å². The van der Waals surface area contributed by atoms with Gasteiger partial charge in [0.2, 0.25) is 0 Å². The second-order valence-electron chi connectivity index (χ2n) is 11.0. The molecule has 0 radical (unpaired) electrons. The number of nitrogens with zero attached hydrogens (tertiary/aromatic N) is 3. The number of aromatic nitrogens is 2. The number of rotatable bonds is 13. The molecule has 3 N–H and O–H groups in total. The molecule has 3 aromatic rings. The van der Waals surface area contributed by atoms with Crippen LogP contribution >= 0.6 is 0 Å². The lowest BCUT2D eigenvalue weighted by atomic mass is 9.80. The van der Waals surface area contributed by atoms with Gasteiger partial charge in [0.25, 0.3) is 0 Å². The Hall–Kier alpha value is -3.63. The molecule has 5 rings (SSSR count). The van der Waals surface area contributed by atoms with Gasteiger partial charge in [-0.1, -0.05) is 43.3 Å². The SMILES string of the molecule is Cc1ccccc1C1=CC=CC(Nc2nccc3cc(CNCCC(=O)O)cnc23)(OCCCN2CCOCC2)C1C. The van der Waals surface area contributed by atoms with Crippen molar-refractivity contribution < 1.29 is 19.4 Å². The van der Waals surface area contributed by atoms with Crippen molar-refractivity contribution in [1.29, 1.82) is 0 Å². The number of ether oxygens (including phenoxy) is 2. The fraction of sp³-hybridized carbons (Fsp3) is 0.424. The van der Waals surface area contributed by atoms with Crippen LogP contribution in [0.3, 0.4) is 0 Å². The molecule has 2 unspecified atom stereocenters. The first-order chi connectivity index (χ1) is 20.4. The molecule has 9 heteroatoms. The van der Waals surface area contributed by atoms with E-state index >= 15 is 0 Å². The molecule has 3 heterocycles. The van der Waals surface area contributed by atoms with E-state index in [1.807, 2.05) is 12.3 Å². The molecule has 9 nitrogen and oxygen atoms in total. The number of hydrogen-bond acceptors (Lipinski definition) is 8. The summed E-state index contributed by atoms with van der Waals surface area (Å²) >= 11 is 0. The zero-order valence-electron chi connectivity index (χ0n) is 24.5. The molecule has 1 aromatic carbocycles. The Balaban J connectivity index is 1.38. The maximum atomic E-state index is 10.8. The first-order valence-electron chi connectivity index (χ1n) is 14.8. The number of hydrogen-bond donors (Lipinski definition) is 3. The zero-order chi connectivity index (χ0) is 29.4. The number of fused-ring (bicyclic) bond motifs is 1. The van der Waals surface area contributed by atoms with Crippen molar-refractivity contribution in [2.45, 2.75) is 39.0 Å². The maximum Gasteiger partial charge on any atom is 0.304 e. The van der Waals surface area contributed by atoms with E-state index in [2.05, 4.69) is 77.9 Å². The van der Waals surface area contributed by atoms with Gasteiger partial charge in [-0.2, -0.15) is 0 Å². The van der Waals surface area contributed by atoms with Gasteiger partial charge in [0.15, 0.2) is 11.5 Å². The average Bonchev–Trinajstić information content (AvgIpc) is 3.00. The van der Waals surface area contributed by atoms with E-state index in [1.54, 1.807) is 6.20 Å². The van der Waals surface area contributed by atoms with E-state index in [4.69, 9.17) is 24.5 Å². The summed E-state index contributed by atoms with van der Waals surface area (Å²) in [7, 11) is 0. The Bertz CT molecular complexity index is 1430. The average molecular weight is 572 g/mol. The Labute approximate surface area is 247 Å². The molecule has 1 aliphatic carbocycles. The van der Waals surface area contributed by atoms with Gasteiger partial charge >= 0.3 is 5.97 Å². The van der Waals surface area contributed by atoms with E-state index in [-0.39, 0.29) is 12.3 Å². The highest BCUT2D eigenvalue weighted by Gasteiger charge is 2.40. The minimum atomic E-state index is -0.822.